The van der Waals surface area contributed by atoms with E-state index in [1.54, 1.807) is 13.8 Å². The Kier molecular flexibility index (Phi) is 10.5. The van der Waals surface area contributed by atoms with E-state index >= 15 is 0 Å². The van der Waals surface area contributed by atoms with Crippen LogP contribution in [-0.2, 0) is 17.9 Å². The third kappa shape index (κ3) is 7.74. The first-order chi connectivity index (χ1) is 17.6. The second-order valence-electron chi connectivity index (χ2n) is 10.8. The molecule has 0 bridgehead atoms. The summed E-state index contributed by atoms with van der Waals surface area (Å²) in [5.41, 5.74) is 7.85. The monoisotopic (exact) mass is 529 g/mol. The molecular formula is C29H44ClN5O2. The molecule has 2 heterocycles. The van der Waals surface area contributed by atoms with Crippen molar-refractivity contribution < 1.29 is 9.90 Å². The number of hydrogen-bond acceptors (Lipinski definition) is 5. The van der Waals surface area contributed by atoms with Crippen LogP contribution in [0.3, 0.4) is 0 Å². The molecular weight excluding hydrogens is 486 g/mol. The first kappa shape index (κ1) is 29.1. The minimum Gasteiger partial charge on any atom is -0.481 e. The Morgan fingerprint density at radius 2 is 2.03 bits per heavy atom. The molecule has 4 N–H and O–H groups in total. The Balaban J connectivity index is 1.80. The number of allylic oxidation sites excluding steroid dienone is 1. The molecule has 1 aromatic carbocycles. The van der Waals surface area contributed by atoms with Crippen LogP contribution in [0, 0.1) is 11.3 Å². The number of piperidine rings is 1. The molecule has 1 saturated heterocycles. The van der Waals surface area contributed by atoms with Crippen molar-refractivity contribution in [3.8, 4) is 0 Å². The number of aromatic nitrogens is 2. The highest BCUT2D eigenvalue weighted by Crippen LogP contribution is 2.41. The molecule has 7 nitrogen and oxygen atoms in total. The highest BCUT2D eigenvalue weighted by molar-refractivity contribution is 6.31. The van der Waals surface area contributed by atoms with E-state index in [1.165, 1.54) is 19.3 Å². The summed E-state index contributed by atoms with van der Waals surface area (Å²) in [6.45, 7) is 12.3. The zero-order valence-electron chi connectivity index (χ0n) is 22.8. The molecule has 8 heteroatoms. The maximum absolute atomic E-state index is 12.2. The summed E-state index contributed by atoms with van der Waals surface area (Å²) in [6, 6.07) is 5.91. The molecule has 1 atom stereocenters. The van der Waals surface area contributed by atoms with Crippen molar-refractivity contribution in [3.05, 3.63) is 64.5 Å². The molecule has 1 fully saturated rings. The summed E-state index contributed by atoms with van der Waals surface area (Å²) in [5.74, 6) is 0.818. The van der Waals surface area contributed by atoms with Crippen molar-refractivity contribution >= 4 is 17.6 Å². The highest BCUT2D eigenvalue weighted by atomic mass is 35.5. The SMILES string of the molecule is CCN/C=C(\N)CCC(c1ccc(Cl)c(Cn2ccnc2CN2CCC(CC)CC2)c1)C(C)(C)C(=O)O. The molecule has 1 aromatic heterocycles. The molecule has 37 heavy (non-hydrogen) atoms. The number of benzene rings is 1. The number of rotatable bonds is 13. The molecule has 0 aliphatic carbocycles. The van der Waals surface area contributed by atoms with Gasteiger partial charge < -0.3 is 20.7 Å². The first-order valence-corrected chi connectivity index (χ1v) is 13.9. The van der Waals surface area contributed by atoms with E-state index in [2.05, 4.69) is 32.8 Å². The number of carboxylic acids is 1. The third-order valence-corrected chi connectivity index (χ3v) is 8.27. The van der Waals surface area contributed by atoms with E-state index in [0.717, 1.165) is 49.0 Å². The van der Waals surface area contributed by atoms with E-state index in [-0.39, 0.29) is 5.92 Å². The van der Waals surface area contributed by atoms with Gasteiger partial charge >= 0.3 is 5.97 Å². The van der Waals surface area contributed by atoms with Gasteiger partial charge in [-0.1, -0.05) is 37.1 Å². The number of likely N-dealkylation sites (tertiary alicyclic amines) is 1. The topological polar surface area (TPSA) is 96.4 Å². The average molecular weight is 530 g/mol. The Morgan fingerprint density at radius 3 is 2.68 bits per heavy atom. The Bertz CT molecular complexity index is 1060. The quantitative estimate of drug-likeness (QED) is 0.313. The minimum atomic E-state index is -0.964. The molecule has 2 aromatic rings. The van der Waals surface area contributed by atoms with Gasteiger partial charge in [0.15, 0.2) is 0 Å². The maximum atomic E-state index is 12.2. The lowest BCUT2D eigenvalue weighted by molar-refractivity contribution is -0.148. The minimum absolute atomic E-state index is 0.225. The van der Waals surface area contributed by atoms with Crippen LogP contribution < -0.4 is 11.1 Å². The van der Waals surface area contributed by atoms with Gasteiger partial charge in [-0.3, -0.25) is 9.69 Å². The molecule has 0 spiro atoms. The van der Waals surface area contributed by atoms with Gasteiger partial charge in [0, 0.05) is 35.9 Å². The van der Waals surface area contributed by atoms with Crippen LogP contribution in [0.4, 0.5) is 0 Å². The summed E-state index contributed by atoms with van der Waals surface area (Å²) in [4.78, 5) is 19.4. The van der Waals surface area contributed by atoms with Gasteiger partial charge in [-0.05, 0) is 88.6 Å². The van der Waals surface area contributed by atoms with Gasteiger partial charge in [0.25, 0.3) is 0 Å². The number of halogens is 1. The normalized spacial score (nSPS) is 16.6. The number of carboxylic acid groups (broad SMARTS) is 1. The number of nitrogens with two attached hydrogens (primary N) is 1. The van der Waals surface area contributed by atoms with Crippen LogP contribution in [0.5, 0.6) is 0 Å². The molecule has 0 radical (unpaired) electrons. The van der Waals surface area contributed by atoms with E-state index in [1.807, 2.05) is 37.7 Å². The van der Waals surface area contributed by atoms with Crippen molar-refractivity contribution in [2.24, 2.45) is 17.1 Å². The van der Waals surface area contributed by atoms with Crippen molar-refractivity contribution in [2.75, 3.05) is 19.6 Å². The lowest BCUT2D eigenvalue weighted by atomic mass is 9.72. The van der Waals surface area contributed by atoms with Crippen LogP contribution >= 0.6 is 11.6 Å². The number of nitrogens with zero attached hydrogens (tertiary/aromatic N) is 3. The fourth-order valence-electron chi connectivity index (χ4n) is 5.21. The largest absolute Gasteiger partial charge is 0.481 e. The van der Waals surface area contributed by atoms with Gasteiger partial charge in [-0.15, -0.1) is 0 Å². The second kappa shape index (κ2) is 13.3. The van der Waals surface area contributed by atoms with Crippen molar-refractivity contribution in [3.63, 3.8) is 0 Å². The Morgan fingerprint density at radius 1 is 1.30 bits per heavy atom. The molecule has 204 valence electrons. The van der Waals surface area contributed by atoms with Gasteiger partial charge in [0.1, 0.15) is 5.82 Å². The predicted octanol–water partition coefficient (Wildman–Crippen LogP) is 5.59. The van der Waals surface area contributed by atoms with Crippen LogP contribution in [0.2, 0.25) is 5.02 Å². The molecule has 0 amide bonds. The molecule has 1 aliphatic rings. The summed E-state index contributed by atoms with van der Waals surface area (Å²) < 4.78 is 2.16. The van der Waals surface area contributed by atoms with E-state index in [9.17, 15) is 9.90 Å². The third-order valence-electron chi connectivity index (χ3n) is 7.90. The second-order valence-corrected chi connectivity index (χ2v) is 11.3. The smallest absolute Gasteiger partial charge is 0.309 e. The molecule has 3 rings (SSSR count). The number of nitrogens with one attached hydrogen (secondary N) is 1. The van der Waals surface area contributed by atoms with Crippen LogP contribution in [-0.4, -0.2) is 45.2 Å². The molecule has 1 unspecified atom stereocenters. The lowest BCUT2D eigenvalue weighted by Crippen LogP contribution is -2.34. The van der Waals surface area contributed by atoms with Gasteiger partial charge in [0.05, 0.1) is 18.5 Å². The number of aliphatic carboxylic acids is 1. The Labute approximate surface area is 227 Å². The highest BCUT2D eigenvalue weighted by Gasteiger charge is 2.37. The molecule has 0 saturated carbocycles. The number of hydrogen-bond donors (Lipinski definition) is 3. The lowest BCUT2D eigenvalue weighted by Gasteiger charge is -2.32. The standard InChI is InChI=1S/C29H44ClN5O2/c1-5-21-11-14-34(15-12-21)20-27-33-13-16-35(27)19-23-17-22(7-10-26(23)30)25(29(3,4)28(36)37)9-8-24(31)18-32-6-2/h7,10,13,16-18,21,25,32H,5-6,8-9,11-12,14-15,19-20,31H2,1-4H3,(H,36,37)/b24-18-. The van der Waals surface area contributed by atoms with E-state index in [0.29, 0.717) is 30.1 Å². The summed E-state index contributed by atoms with van der Waals surface area (Å²) in [6.07, 6.45) is 10.6. The first-order valence-electron chi connectivity index (χ1n) is 13.6. The Hall–Kier alpha value is -2.51. The molecule has 1 aliphatic heterocycles. The predicted molar refractivity (Wildman–Crippen MR) is 150 cm³/mol. The number of imidazole rings is 1. The van der Waals surface area contributed by atoms with E-state index in [4.69, 9.17) is 17.3 Å². The zero-order chi connectivity index (χ0) is 27.0. The van der Waals surface area contributed by atoms with Crippen molar-refractivity contribution in [2.45, 2.75) is 78.8 Å². The van der Waals surface area contributed by atoms with Gasteiger partial charge in [-0.2, -0.15) is 0 Å². The fourth-order valence-corrected chi connectivity index (χ4v) is 5.39. The van der Waals surface area contributed by atoms with Crippen molar-refractivity contribution in [1.82, 2.24) is 19.8 Å². The van der Waals surface area contributed by atoms with Crippen molar-refractivity contribution in [1.29, 1.82) is 0 Å². The summed E-state index contributed by atoms with van der Waals surface area (Å²) in [5, 5.41) is 13.8. The average Bonchev–Trinajstić information content (AvgIpc) is 3.31. The van der Waals surface area contributed by atoms with Crippen LogP contribution in [0.1, 0.15) is 82.7 Å². The summed E-state index contributed by atoms with van der Waals surface area (Å²) in [7, 11) is 0. The van der Waals surface area contributed by atoms with Gasteiger partial charge in [-0.25, -0.2) is 4.98 Å². The number of carbonyl (C=O) groups is 1. The van der Waals surface area contributed by atoms with Crippen LogP contribution in [0.15, 0.2) is 42.5 Å². The fraction of sp³-hybridized carbons (Fsp3) is 0.586. The maximum Gasteiger partial charge on any atom is 0.309 e. The van der Waals surface area contributed by atoms with Crippen LogP contribution in [0.25, 0.3) is 0 Å². The van der Waals surface area contributed by atoms with E-state index < -0.39 is 11.4 Å². The zero-order valence-corrected chi connectivity index (χ0v) is 23.6. The summed E-state index contributed by atoms with van der Waals surface area (Å²) >= 11 is 6.66. The van der Waals surface area contributed by atoms with Gasteiger partial charge in [0.2, 0.25) is 0 Å².